The summed E-state index contributed by atoms with van der Waals surface area (Å²) in [5, 5.41) is 18.5. The van der Waals surface area contributed by atoms with E-state index in [1.54, 1.807) is 0 Å². The van der Waals surface area contributed by atoms with E-state index in [1.165, 1.54) is 25.7 Å². The number of hydrogen-bond donors (Lipinski definition) is 2. The van der Waals surface area contributed by atoms with Gasteiger partial charge in [-0.1, -0.05) is 51.2 Å². The highest BCUT2D eigenvalue weighted by atomic mass is 16.3. The van der Waals surface area contributed by atoms with E-state index in [1.807, 2.05) is 12.2 Å². The third-order valence-electron chi connectivity index (χ3n) is 4.51. The number of Topliss-reactive ketones (excluding diaryl/α,β-unsaturated/α-hetero) is 1. The fraction of sp³-hybridized carbons (Fsp3) is 0.833. The van der Waals surface area contributed by atoms with E-state index in [9.17, 15) is 9.90 Å². The Balaban J connectivity index is 2.34. The van der Waals surface area contributed by atoms with Crippen molar-refractivity contribution in [2.24, 2.45) is 11.8 Å². The van der Waals surface area contributed by atoms with Crippen LogP contribution in [0.5, 0.6) is 0 Å². The van der Waals surface area contributed by atoms with Crippen LogP contribution in [-0.4, -0.2) is 28.7 Å². The first kappa shape index (κ1) is 18.4. The summed E-state index contributed by atoms with van der Waals surface area (Å²) in [5.41, 5.74) is 0. The molecule has 1 fully saturated rings. The van der Waals surface area contributed by atoms with Crippen molar-refractivity contribution in [2.75, 3.05) is 6.61 Å². The highest BCUT2D eigenvalue weighted by molar-refractivity contribution is 5.83. The Morgan fingerprint density at radius 3 is 2.71 bits per heavy atom. The average molecular weight is 296 g/mol. The second-order valence-corrected chi connectivity index (χ2v) is 6.30. The molecule has 122 valence electrons. The molecule has 1 aliphatic rings. The van der Waals surface area contributed by atoms with E-state index in [-0.39, 0.29) is 12.5 Å². The van der Waals surface area contributed by atoms with Crippen LogP contribution in [0.2, 0.25) is 0 Å². The van der Waals surface area contributed by atoms with Gasteiger partial charge in [-0.3, -0.25) is 4.79 Å². The van der Waals surface area contributed by atoms with Gasteiger partial charge in [0.05, 0.1) is 6.10 Å². The number of allylic oxidation sites excluding steroid dienone is 1. The lowest BCUT2D eigenvalue weighted by Crippen LogP contribution is -2.14. The number of ketones is 1. The molecule has 0 spiro atoms. The predicted octanol–water partition coefficient (Wildman–Crippen LogP) is 3.63. The Kier molecular flexibility index (Phi) is 9.60. The maximum absolute atomic E-state index is 12.0. The minimum atomic E-state index is -0.488. The Morgan fingerprint density at radius 2 is 2.00 bits per heavy atom. The fourth-order valence-electron chi connectivity index (χ4n) is 3.18. The largest absolute Gasteiger partial charge is 0.396 e. The number of aliphatic hydroxyl groups is 2. The summed E-state index contributed by atoms with van der Waals surface area (Å²) < 4.78 is 0. The average Bonchev–Trinajstić information content (AvgIpc) is 2.83. The third kappa shape index (κ3) is 7.23. The van der Waals surface area contributed by atoms with Crippen LogP contribution >= 0.6 is 0 Å². The van der Waals surface area contributed by atoms with Crippen LogP contribution in [0.1, 0.15) is 71.1 Å². The van der Waals surface area contributed by atoms with Gasteiger partial charge in [-0.2, -0.15) is 0 Å². The van der Waals surface area contributed by atoms with Crippen LogP contribution in [0.25, 0.3) is 0 Å². The predicted molar refractivity (Wildman–Crippen MR) is 86.1 cm³/mol. The van der Waals surface area contributed by atoms with Crippen molar-refractivity contribution in [3.8, 4) is 0 Å². The number of hydrogen-bond acceptors (Lipinski definition) is 3. The normalized spacial score (nSPS) is 24.0. The summed E-state index contributed by atoms with van der Waals surface area (Å²) >= 11 is 0. The lowest BCUT2D eigenvalue weighted by Gasteiger charge is -2.15. The van der Waals surface area contributed by atoms with Gasteiger partial charge in [-0.15, -0.1) is 0 Å². The molecule has 0 radical (unpaired) electrons. The van der Waals surface area contributed by atoms with E-state index in [0.29, 0.717) is 31.0 Å². The Hall–Kier alpha value is -0.670. The summed E-state index contributed by atoms with van der Waals surface area (Å²) in [5.74, 6) is 0.894. The van der Waals surface area contributed by atoms with Crippen LogP contribution in [0, 0.1) is 11.8 Å². The molecule has 1 saturated carbocycles. The lowest BCUT2D eigenvalue weighted by atomic mass is 9.89. The molecule has 0 aromatic heterocycles. The molecule has 0 aliphatic heterocycles. The van der Waals surface area contributed by atoms with Gasteiger partial charge in [0.15, 0.2) is 0 Å². The standard InChI is InChI=1S/C18H32O3/c1-2-3-4-5-6-9-17-15(11-13-18(17)21)10-12-16(20)8-7-14-19/h10,12,15-17,19-20H,2-9,11,13-14H2,1H3. The van der Waals surface area contributed by atoms with Crippen molar-refractivity contribution >= 4 is 5.78 Å². The molecule has 1 aliphatic carbocycles. The van der Waals surface area contributed by atoms with Crippen LogP contribution in [0.4, 0.5) is 0 Å². The molecule has 0 amide bonds. The molecule has 3 unspecified atom stereocenters. The van der Waals surface area contributed by atoms with Crippen molar-refractivity contribution in [3.63, 3.8) is 0 Å². The van der Waals surface area contributed by atoms with Gasteiger partial charge >= 0.3 is 0 Å². The Morgan fingerprint density at radius 1 is 1.24 bits per heavy atom. The maximum atomic E-state index is 12.0. The molecule has 0 heterocycles. The molecule has 21 heavy (non-hydrogen) atoms. The van der Waals surface area contributed by atoms with Gasteiger partial charge < -0.3 is 10.2 Å². The second-order valence-electron chi connectivity index (χ2n) is 6.30. The van der Waals surface area contributed by atoms with Crippen molar-refractivity contribution in [1.29, 1.82) is 0 Å². The minimum absolute atomic E-state index is 0.118. The zero-order chi connectivity index (χ0) is 15.5. The van der Waals surface area contributed by atoms with Crippen LogP contribution < -0.4 is 0 Å². The smallest absolute Gasteiger partial charge is 0.136 e. The van der Waals surface area contributed by atoms with Gasteiger partial charge in [0.1, 0.15) is 5.78 Å². The van der Waals surface area contributed by atoms with Crippen LogP contribution in [0.15, 0.2) is 12.2 Å². The van der Waals surface area contributed by atoms with Gasteiger partial charge in [0, 0.05) is 18.9 Å². The molecule has 0 aromatic carbocycles. The molecule has 2 N–H and O–H groups in total. The van der Waals surface area contributed by atoms with Crippen molar-refractivity contribution < 1.29 is 15.0 Å². The molecule has 3 atom stereocenters. The summed E-state index contributed by atoms with van der Waals surface area (Å²) in [6.07, 6.45) is 13.4. The van der Waals surface area contributed by atoms with Crippen molar-refractivity contribution in [2.45, 2.75) is 77.2 Å². The zero-order valence-corrected chi connectivity index (χ0v) is 13.5. The SMILES string of the molecule is CCCCCCCC1C(=O)CCC1C=CC(O)CCCO. The highest BCUT2D eigenvalue weighted by Crippen LogP contribution is 2.34. The van der Waals surface area contributed by atoms with E-state index in [2.05, 4.69) is 6.92 Å². The van der Waals surface area contributed by atoms with E-state index in [0.717, 1.165) is 19.3 Å². The number of carbonyl (C=O) groups is 1. The minimum Gasteiger partial charge on any atom is -0.396 e. The number of carbonyl (C=O) groups excluding carboxylic acids is 1. The number of aliphatic hydroxyl groups excluding tert-OH is 2. The quantitative estimate of drug-likeness (QED) is 0.452. The first-order valence-electron chi connectivity index (χ1n) is 8.69. The van der Waals surface area contributed by atoms with Crippen LogP contribution in [-0.2, 0) is 4.79 Å². The topological polar surface area (TPSA) is 57.5 Å². The zero-order valence-electron chi connectivity index (χ0n) is 13.5. The molecule has 3 nitrogen and oxygen atoms in total. The Labute approximate surface area is 129 Å². The maximum Gasteiger partial charge on any atom is 0.136 e. The molecule has 0 bridgehead atoms. The van der Waals surface area contributed by atoms with E-state index in [4.69, 9.17) is 5.11 Å². The summed E-state index contributed by atoms with van der Waals surface area (Å²) in [6, 6.07) is 0. The molecule has 0 saturated heterocycles. The van der Waals surface area contributed by atoms with Gasteiger partial charge in [-0.05, 0) is 31.6 Å². The fourth-order valence-corrected chi connectivity index (χ4v) is 3.18. The second kappa shape index (κ2) is 11.0. The van der Waals surface area contributed by atoms with Crippen molar-refractivity contribution in [3.05, 3.63) is 12.2 Å². The van der Waals surface area contributed by atoms with E-state index < -0.39 is 6.10 Å². The molecule has 3 heteroatoms. The lowest BCUT2D eigenvalue weighted by molar-refractivity contribution is -0.121. The molecule has 1 rings (SSSR count). The van der Waals surface area contributed by atoms with Crippen molar-refractivity contribution in [1.82, 2.24) is 0 Å². The van der Waals surface area contributed by atoms with Gasteiger partial charge in [-0.25, -0.2) is 0 Å². The first-order valence-corrected chi connectivity index (χ1v) is 8.69. The molecular weight excluding hydrogens is 264 g/mol. The van der Waals surface area contributed by atoms with Gasteiger partial charge in [0.25, 0.3) is 0 Å². The van der Waals surface area contributed by atoms with E-state index >= 15 is 0 Å². The third-order valence-corrected chi connectivity index (χ3v) is 4.51. The summed E-state index contributed by atoms with van der Waals surface area (Å²) in [7, 11) is 0. The number of unbranched alkanes of at least 4 members (excludes halogenated alkanes) is 4. The monoisotopic (exact) mass is 296 g/mol. The molecule has 0 aromatic rings. The van der Waals surface area contributed by atoms with Gasteiger partial charge in [0.2, 0.25) is 0 Å². The summed E-state index contributed by atoms with van der Waals surface area (Å²) in [6.45, 7) is 2.33. The molecular formula is C18H32O3. The first-order chi connectivity index (χ1) is 10.2. The summed E-state index contributed by atoms with van der Waals surface area (Å²) in [4.78, 5) is 12.0. The Bertz CT molecular complexity index is 312. The highest BCUT2D eigenvalue weighted by Gasteiger charge is 2.32. The van der Waals surface area contributed by atoms with Crippen LogP contribution in [0.3, 0.4) is 0 Å². The number of rotatable bonds is 11.